The number of fused-ring (bicyclic) bond motifs is 1. The van der Waals surface area contributed by atoms with Crippen LogP contribution < -0.4 is 4.74 Å². The van der Waals surface area contributed by atoms with E-state index in [0.717, 1.165) is 11.1 Å². The van der Waals surface area contributed by atoms with Crippen molar-refractivity contribution in [1.82, 2.24) is 4.90 Å². The Kier molecular flexibility index (Phi) is 12.3. The molecule has 1 aliphatic carbocycles. The third-order valence-corrected chi connectivity index (χ3v) is 6.19. The first kappa shape index (κ1) is 32.5. The Bertz CT molecular complexity index is 1030. The number of nitrogens with zero attached hydrogens (tertiary/aromatic N) is 3. The molecule has 1 amide bonds. The zero-order valence-electron chi connectivity index (χ0n) is 22.9. The monoisotopic (exact) mass is 571 g/mol. The first-order valence-corrected chi connectivity index (χ1v) is 12.9. The van der Waals surface area contributed by atoms with Crippen LogP contribution in [0.4, 0.5) is 0 Å². The second-order valence-corrected chi connectivity index (χ2v) is 10.4. The summed E-state index contributed by atoms with van der Waals surface area (Å²) in [5, 5.41) is 39.0. The van der Waals surface area contributed by atoms with E-state index in [2.05, 4.69) is 9.68 Å². The highest BCUT2D eigenvalue weighted by atomic mass is 17.0. The molecule has 2 N–H and O–H groups in total. The molecule has 2 rings (SSSR count). The van der Waals surface area contributed by atoms with Gasteiger partial charge >= 0.3 is 5.97 Å². The topological polar surface area (TPSA) is 201 Å². The minimum absolute atomic E-state index is 0.0398. The number of amides is 1. The molecule has 0 aliphatic heterocycles. The molecule has 3 unspecified atom stereocenters. The fourth-order valence-corrected chi connectivity index (χ4v) is 4.23. The first-order chi connectivity index (χ1) is 18.8. The van der Waals surface area contributed by atoms with Crippen molar-refractivity contribution in [1.29, 1.82) is 0 Å². The minimum Gasteiger partial charge on any atom is -0.489 e. The van der Waals surface area contributed by atoms with Gasteiger partial charge in [0, 0.05) is 36.8 Å². The Hall–Kier alpha value is -3.72. The molecule has 15 heteroatoms. The molecule has 3 atom stereocenters. The van der Waals surface area contributed by atoms with E-state index in [-0.39, 0.29) is 70.8 Å². The summed E-state index contributed by atoms with van der Waals surface area (Å²) in [6, 6.07) is 5.26. The predicted molar refractivity (Wildman–Crippen MR) is 137 cm³/mol. The molecular formula is C25H37N3O12. The summed E-state index contributed by atoms with van der Waals surface area (Å²) in [5.41, 5.74) is 0.826. The van der Waals surface area contributed by atoms with Gasteiger partial charge < -0.3 is 34.3 Å². The van der Waals surface area contributed by atoms with Crippen molar-refractivity contribution in [3.8, 4) is 5.75 Å². The predicted octanol–water partition coefficient (Wildman–Crippen LogP) is 1.40. The number of esters is 1. The summed E-state index contributed by atoms with van der Waals surface area (Å²) in [7, 11) is 0. The van der Waals surface area contributed by atoms with Gasteiger partial charge in [0.2, 0.25) is 5.91 Å². The second kappa shape index (κ2) is 15.2. The van der Waals surface area contributed by atoms with Crippen LogP contribution in [0.1, 0.15) is 57.6 Å². The Balaban J connectivity index is 2.16. The molecule has 1 aliphatic rings. The lowest BCUT2D eigenvalue weighted by molar-refractivity contribution is -0.757. The molecule has 0 aromatic heterocycles. The molecule has 40 heavy (non-hydrogen) atoms. The van der Waals surface area contributed by atoms with Crippen LogP contribution >= 0.6 is 0 Å². The van der Waals surface area contributed by atoms with Crippen LogP contribution in [0.5, 0.6) is 5.75 Å². The van der Waals surface area contributed by atoms with Crippen LogP contribution in [0.2, 0.25) is 0 Å². The zero-order valence-corrected chi connectivity index (χ0v) is 22.9. The summed E-state index contributed by atoms with van der Waals surface area (Å²) in [6.45, 7) is 4.60. The van der Waals surface area contributed by atoms with Crippen LogP contribution in [-0.4, -0.2) is 87.4 Å². The average Bonchev–Trinajstić information content (AvgIpc) is 2.85. The SMILES string of the molecule is CC(C)(C)N(CC(COc1cccc2c1CC(O)C(O)C2)OC(=O)CCCO[N+](=O)[O-])C(=O)CCCO[N+](=O)[O-]. The largest absolute Gasteiger partial charge is 0.489 e. The van der Waals surface area contributed by atoms with Gasteiger partial charge in [-0.3, -0.25) is 9.59 Å². The van der Waals surface area contributed by atoms with Crippen LogP contribution in [0.25, 0.3) is 0 Å². The van der Waals surface area contributed by atoms with Gasteiger partial charge in [0.05, 0.1) is 32.0 Å². The van der Waals surface area contributed by atoms with Crippen LogP contribution in [0, 0.1) is 20.2 Å². The van der Waals surface area contributed by atoms with E-state index in [0.29, 0.717) is 5.75 Å². The number of carbonyl (C=O) groups excluding carboxylic acids is 2. The zero-order chi connectivity index (χ0) is 29.9. The van der Waals surface area contributed by atoms with Crippen molar-refractivity contribution >= 4 is 11.9 Å². The number of ether oxygens (including phenoxy) is 2. The van der Waals surface area contributed by atoms with E-state index in [1.807, 2.05) is 6.07 Å². The van der Waals surface area contributed by atoms with Gasteiger partial charge in [0.25, 0.3) is 10.2 Å². The number of aliphatic hydroxyl groups excluding tert-OH is 2. The van der Waals surface area contributed by atoms with Crippen LogP contribution in [-0.2, 0) is 36.8 Å². The Morgan fingerprint density at radius 2 is 1.62 bits per heavy atom. The quantitative estimate of drug-likeness (QED) is 0.125. The van der Waals surface area contributed by atoms with Crippen LogP contribution in [0.3, 0.4) is 0 Å². The second-order valence-electron chi connectivity index (χ2n) is 10.4. The molecular weight excluding hydrogens is 534 g/mol. The molecule has 1 aromatic carbocycles. The fraction of sp³-hybridized carbons (Fsp3) is 0.680. The maximum absolute atomic E-state index is 13.1. The molecule has 15 nitrogen and oxygen atoms in total. The van der Waals surface area contributed by atoms with Crippen molar-refractivity contribution in [2.24, 2.45) is 0 Å². The lowest BCUT2D eigenvalue weighted by Gasteiger charge is -2.38. The smallest absolute Gasteiger partial charge is 0.306 e. The molecule has 0 saturated carbocycles. The summed E-state index contributed by atoms with van der Waals surface area (Å²) in [6.07, 6.45) is -2.44. The van der Waals surface area contributed by atoms with Gasteiger partial charge in [0.15, 0.2) is 6.10 Å². The van der Waals surface area contributed by atoms with Crippen molar-refractivity contribution in [2.75, 3.05) is 26.4 Å². The number of aliphatic hydroxyl groups is 2. The lowest BCUT2D eigenvalue weighted by atomic mass is 9.87. The van der Waals surface area contributed by atoms with E-state index in [1.165, 1.54) is 4.90 Å². The first-order valence-electron chi connectivity index (χ1n) is 12.9. The lowest BCUT2D eigenvalue weighted by Crippen LogP contribution is -2.51. The fourth-order valence-electron chi connectivity index (χ4n) is 4.23. The molecule has 0 fully saturated rings. The van der Waals surface area contributed by atoms with Gasteiger partial charge in [-0.25, -0.2) is 0 Å². The highest BCUT2D eigenvalue weighted by Gasteiger charge is 2.32. The third-order valence-electron chi connectivity index (χ3n) is 6.19. The van der Waals surface area contributed by atoms with E-state index in [9.17, 15) is 40.0 Å². The maximum Gasteiger partial charge on any atom is 0.306 e. The van der Waals surface area contributed by atoms with Crippen molar-refractivity contribution in [3.05, 3.63) is 49.6 Å². The minimum atomic E-state index is -0.958. The summed E-state index contributed by atoms with van der Waals surface area (Å²) in [5.74, 6) is -0.571. The molecule has 1 aromatic rings. The summed E-state index contributed by atoms with van der Waals surface area (Å²) >= 11 is 0. The van der Waals surface area contributed by atoms with Crippen molar-refractivity contribution in [3.63, 3.8) is 0 Å². The van der Waals surface area contributed by atoms with Crippen LogP contribution in [0.15, 0.2) is 18.2 Å². The number of hydrogen-bond acceptors (Lipinski definition) is 12. The van der Waals surface area contributed by atoms with Crippen molar-refractivity contribution in [2.45, 2.75) is 83.1 Å². The standard InChI is InChI=1S/C25H37N3O12/c1-25(2,3)26(23(31)9-5-11-38-27(33)34)15-18(40-24(32)10-6-12-39-28(35)36)16-37-22-8-4-7-17-13-20(29)21(30)14-19(17)22/h4,7-8,18,20-21,29-30H,5-6,9-16H2,1-3H3. The molecule has 224 valence electrons. The molecule has 0 bridgehead atoms. The highest BCUT2D eigenvalue weighted by molar-refractivity contribution is 5.77. The van der Waals surface area contributed by atoms with E-state index < -0.39 is 40.0 Å². The van der Waals surface area contributed by atoms with E-state index in [4.69, 9.17) is 9.47 Å². The maximum atomic E-state index is 13.1. The number of benzene rings is 1. The summed E-state index contributed by atoms with van der Waals surface area (Å²) in [4.78, 5) is 56.3. The molecule has 0 saturated heterocycles. The normalized spacial score (nSPS) is 17.2. The average molecular weight is 572 g/mol. The molecule has 0 radical (unpaired) electrons. The number of carbonyl (C=O) groups is 2. The highest BCUT2D eigenvalue weighted by Crippen LogP contribution is 2.30. The van der Waals surface area contributed by atoms with E-state index in [1.54, 1.807) is 32.9 Å². The number of hydrogen-bond donors (Lipinski definition) is 2. The van der Waals surface area contributed by atoms with Gasteiger partial charge in [-0.15, -0.1) is 20.2 Å². The van der Waals surface area contributed by atoms with Gasteiger partial charge in [-0.05, 0) is 45.2 Å². The van der Waals surface area contributed by atoms with Crippen molar-refractivity contribution < 1.29 is 49.1 Å². The number of rotatable bonds is 16. The van der Waals surface area contributed by atoms with Gasteiger partial charge in [0.1, 0.15) is 12.4 Å². The summed E-state index contributed by atoms with van der Waals surface area (Å²) < 4.78 is 11.6. The van der Waals surface area contributed by atoms with E-state index >= 15 is 0 Å². The Morgan fingerprint density at radius 3 is 2.23 bits per heavy atom. The van der Waals surface area contributed by atoms with Gasteiger partial charge in [-0.1, -0.05) is 12.1 Å². The van der Waals surface area contributed by atoms with Gasteiger partial charge in [-0.2, -0.15) is 0 Å². The molecule has 0 heterocycles. The Morgan fingerprint density at radius 1 is 1.02 bits per heavy atom. The third kappa shape index (κ3) is 10.8. The molecule has 0 spiro atoms. The Labute approximate surface area is 231 Å².